The molecule has 1 aromatic carbocycles. The molecule has 1 atom stereocenters. The van der Waals surface area contributed by atoms with Crippen molar-refractivity contribution in [2.75, 3.05) is 6.54 Å². The molecular weight excluding hydrogens is 192 g/mol. The Kier molecular flexibility index (Phi) is 1.94. The Bertz CT molecular complexity index is 363. The standard InChI is InChI=1S/C8H7ClN2O2/c9-5-1-2-6(7-4-10-7)8(3-5)11(12)13/h1-3,7,10H,4H2/t7-/m1/s1. The van der Waals surface area contributed by atoms with Gasteiger partial charge in [0.2, 0.25) is 0 Å². The molecule has 0 spiro atoms. The first kappa shape index (κ1) is 8.47. The zero-order chi connectivity index (χ0) is 9.42. The smallest absolute Gasteiger partial charge is 0.275 e. The molecule has 1 heterocycles. The Morgan fingerprint density at radius 3 is 2.85 bits per heavy atom. The quantitative estimate of drug-likeness (QED) is 0.448. The second kappa shape index (κ2) is 2.97. The number of nitro groups is 1. The van der Waals surface area contributed by atoms with E-state index in [9.17, 15) is 10.1 Å². The maximum absolute atomic E-state index is 10.6. The van der Waals surface area contributed by atoms with E-state index in [1.54, 1.807) is 12.1 Å². The predicted molar refractivity (Wildman–Crippen MR) is 48.9 cm³/mol. The van der Waals surface area contributed by atoms with Crippen LogP contribution in [0.3, 0.4) is 0 Å². The Labute approximate surface area is 79.7 Å². The fraction of sp³-hybridized carbons (Fsp3) is 0.250. The molecule has 2 rings (SSSR count). The summed E-state index contributed by atoms with van der Waals surface area (Å²) in [6, 6.07) is 4.89. The molecule has 0 bridgehead atoms. The molecule has 1 saturated heterocycles. The predicted octanol–water partition coefficient (Wildman–Crippen LogP) is 1.89. The summed E-state index contributed by atoms with van der Waals surface area (Å²) in [5.74, 6) is 0. The largest absolute Gasteiger partial charge is 0.307 e. The van der Waals surface area contributed by atoms with Gasteiger partial charge in [0.15, 0.2) is 0 Å². The molecular formula is C8H7ClN2O2. The summed E-state index contributed by atoms with van der Waals surface area (Å²) >= 11 is 5.66. The number of nitrogens with one attached hydrogen (secondary N) is 1. The molecule has 0 aromatic heterocycles. The van der Waals surface area contributed by atoms with Crippen LogP contribution in [0.5, 0.6) is 0 Å². The first-order chi connectivity index (χ1) is 6.18. The van der Waals surface area contributed by atoms with Crippen LogP contribution in [0, 0.1) is 10.1 Å². The lowest BCUT2D eigenvalue weighted by Gasteiger charge is -1.99. The zero-order valence-electron chi connectivity index (χ0n) is 6.66. The second-order valence-electron chi connectivity index (χ2n) is 2.92. The molecule has 4 nitrogen and oxygen atoms in total. The van der Waals surface area contributed by atoms with Crippen molar-refractivity contribution in [1.82, 2.24) is 5.32 Å². The Morgan fingerprint density at radius 2 is 2.31 bits per heavy atom. The second-order valence-corrected chi connectivity index (χ2v) is 3.36. The summed E-state index contributed by atoms with van der Waals surface area (Å²) in [5.41, 5.74) is 0.817. The average molecular weight is 199 g/mol. The van der Waals surface area contributed by atoms with Gasteiger partial charge in [-0.3, -0.25) is 10.1 Å². The molecule has 68 valence electrons. The topological polar surface area (TPSA) is 65.1 Å². The van der Waals surface area contributed by atoms with Crippen molar-refractivity contribution in [2.45, 2.75) is 6.04 Å². The number of hydrogen-bond donors (Lipinski definition) is 1. The van der Waals surface area contributed by atoms with Gasteiger partial charge in [0.25, 0.3) is 5.69 Å². The maximum atomic E-state index is 10.6. The normalized spacial score (nSPS) is 19.9. The van der Waals surface area contributed by atoms with Crippen molar-refractivity contribution in [3.05, 3.63) is 38.9 Å². The van der Waals surface area contributed by atoms with E-state index in [1.165, 1.54) is 6.07 Å². The van der Waals surface area contributed by atoms with Crippen LogP contribution in [0.4, 0.5) is 5.69 Å². The van der Waals surface area contributed by atoms with E-state index in [4.69, 9.17) is 11.6 Å². The van der Waals surface area contributed by atoms with Crippen molar-refractivity contribution in [3.63, 3.8) is 0 Å². The molecule has 1 aliphatic rings. The van der Waals surface area contributed by atoms with Crippen LogP contribution >= 0.6 is 11.6 Å². The van der Waals surface area contributed by atoms with Crippen LogP contribution in [0.15, 0.2) is 18.2 Å². The third-order valence-corrected chi connectivity index (χ3v) is 2.21. The van der Waals surface area contributed by atoms with Gasteiger partial charge in [-0.2, -0.15) is 0 Å². The Balaban J connectivity index is 2.47. The molecule has 13 heavy (non-hydrogen) atoms. The van der Waals surface area contributed by atoms with Crippen LogP contribution in [-0.2, 0) is 0 Å². The van der Waals surface area contributed by atoms with Crippen LogP contribution in [0.2, 0.25) is 5.02 Å². The van der Waals surface area contributed by atoms with Crippen LogP contribution < -0.4 is 5.32 Å². The van der Waals surface area contributed by atoms with E-state index < -0.39 is 4.92 Å². The summed E-state index contributed by atoms with van der Waals surface area (Å²) in [6.45, 7) is 0.808. The van der Waals surface area contributed by atoms with Crippen molar-refractivity contribution in [2.24, 2.45) is 0 Å². The number of rotatable bonds is 2. The number of hydrogen-bond acceptors (Lipinski definition) is 3. The van der Waals surface area contributed by atoms with Gasteiger partial charge in [-0.05, 0) is 12.1 Å². The van der Waals surface area contributed by atoms with Gasteiger partial charge >= 0.3 is 0 Å². The highest BCUT2D eigenvalue weighted by molar-refractivity contribution is 6.30. The number of nitrogens with zero attached hydrogens (tertiary/aromatic N) is 1. The molecule has 0 unspecified atom stereocenters. The van der Waals surface area contributed by atoms with Gasteiger partial charge in [0.1, 0.15) is 0 Å². The average Bonchev–Trinajstić information content (AvgIpc) is 2.87. The third-order valence-electron chi connectivity index (χ3n) is 1.97. The number of halogens is 1. The van der Waals surface area contributed by atoms with E-state index in [2.05, 4.69) is 5.32 Å². The fourth-order valence-electron chi connectivity index (χ4n) is 1.25. The summed E-state index contributed by atoms with van der Waals surface area (Å²) < 4.78 is 0. The summed E-state index contributed by atoms with van der Waals surface area (Å²) in [7, 11) is 0. The molecule has 1 N–H and O–H groups in total. The zero-order valence-corrected chi connectivity index (χ0v) is 7.41. The summed E-state index contributed by atoms with van der Waals surface area (Å²) in [5, 5.41) is 14.0. The highest BCUT2D eigenvalue weighted by Gasteiger charge is 2.29. The highest BCUT2D eigenvalue weighted by Crippen LogP contribution is 2.32. The molecule has 1 aromatic rings. The Hall–Kier alpha value is -1.13. The molecule has 5 heteroatoms. The third kappa shape index (κ3) is 1.64. The SMILES string of the molecule is O=[N+]([O-])c1cc(Cl)ccc1[C@H]1CN1. The lowest BCUT2D eigenvalue weighted by atomic mass is 10.1. The minimum Gasteiger partial charge on any atom is -0.307 e. The monoisotopic (exact) mass is 198 g/mol. The maximum Gasteiger partial charge on any atom is 0.275 e. The van der Waals surface area contributed by atoms with E-state index in [0.29, 0.717) is 5.02 Å². The van der Waals surface area contributed by atoms with E-state index in [-0.39, 0.29) is 11.7 Å². The highest BCUT2D eigenvalue weighted by atomic mass is 35.5. The molecule has 1 aliphatic heterocycles. The summed E-state index contributed by atoms with van der Waals surface area (Å²) in [4.78, 5) is 10.2. The van der Waals surface area contributed by atoms with Crippen molar-refractivity contribution in [1.29, 1.82) is 0 Å². The van der Waals surface area contributed by atoms with Gasteiger partial charge < -0.3 is 5.32 Å². The van der Waals surface area contributed by atoms with Gasteiger partial charge in [-0.25, -0.2) is 0 Å². The molecule has 0 amide bonds. The lowest BCUT2D eigenvalue weighted by Crippen LogP contribution is -1.95. The number of nitro benzene ring substituents is 1. The van der Waals surface area contributed by atoms with Crippen LogP contribution in [0.25, 0.3) is 0 Å². The van der Waals surface area contributed by atoms with Gasteiger partial charge in [0, 0.05) is 23.2 Å². The molecule has 0 saturated carbocycles. The van der Waals surface area contributed by atoms with Gasteiger partial charge in [0.05, 0.1) is 11.0 Å². The summed E-state index contributed by atoms with van der Waals surface area (Å²) in [6.07, 6.45) is 0. The fourth-order valence-corrected chi connectivity index (χ4v) is 1.41. The van der Waals surface area contributed by atoms with E-state index in [1.807, 2.05) is 0 Å². The van der Waals surface area contributed by atoms with Gasteiger partial charge in [-0.1, -0.05) is 11.6 Å². The van der Waals surface area contributed by atoms with Crippen LogP contribution in [-0.4, -0.2) is 11.5 Å². The minimum atomic E-state index is -0.402. The molecule has 0 radical (unpaired) electrons. The molecule has 1 fully saturated rings. The van der Waals surface area contributed by atoms with E-state index >= 15 is 0 Å². The van der Waals surface area contributed by atoms with Crippen LogP contribution in [0.1, 0.15) is 11.6 Å². The van der Waals surface area contributed by atoms with E-state index in [0.717, 1.165) is 12.1 Å². The van der Waals surface area contributed by atoms with Crippen molar-refractivity contribution in [3.8, 4) is 0 Å². The van der Waals surface area contributed by atoms with Gasteiger partial charge in [-0.15, -0.1) is 0 Å². The number of benzene rings is 1. The lowest BCUT2D eigenvalue weighted by molar-refractivity contribution is -0.385. The van der Waals surface area contributed by atoms with Crippen molar-refractivity contribution < 1.29 is 4.92 Å². The first-order valence-corrected chi connectivity index (χ1v) is 4.23. The minimum absolute atomic E-state index is 0.0995. The first-order valence-electron chi connectivity index (χ1n) is 3.85. The van der Waals surface area contributed by atoms with Crippen molar-refractivity contribution >= 4 is 17.3 Å². The Morgan fingerprint density at radius 1 is 1.62 bits per heavy atom. The molecule has 0 aliphatic carbocycles.